The summed E-state index contributed by atoms with van der Waals surface area (Å²) in [5.74, 6) is -0.691. The predicted octanol–water partition coefficient (Wildman–Crippen LogP) is 3.68. The van der Waals surface area contributed by atoms with Gasteiger partial charge >= 0.3 is 5.97 Å². The molecule has 1 amide bonds. The minimum atomic E-state index is -4.21. The predicted molar refractivity (Wildman–Crippen MR) is 142 cm³/mol. The minimum absolute atomic E-state index is 0.0106. The zero-order valence-electron chi connectivity index (χ0n) is 21.1. The third-order valence-electron chi connectivity index (χ3n) is 5.52. The highest BCUT2D eigenvalue weighted by Gasteiger charge is 2.28. The molecule has 0 fully saturated rings. The Hall–Kier alpha value is -3.80. The lowest BCUT2D eigenvalue weighted by Gasteiger charge is -2.21. The lowest BCUT2D eigenvalue weighted by atomic mass is 10.1. The van der Waals surface area contributed by atoms with E-state index in [1.165, 1.54) is 58.8 Å². The molecular formula is C26H27ClN2O8S. The van der Waals surface area contributed by atoms with Gasteiger partial charge in [0, 0.05) is 12.1 Å². The van der Waals surface area contributed by atoms with Gasteiger partial charge in [0.15, 0.2) is 11.5 Å². The number of anilines is 1. The van der Waals surface area contributed by atoms with Gasteiger partial charge in [0.2, 0.25) is 15.9 Å². The first-order chi connectivity index (χ1) is 18.1. The first kappa shape index (κ1) is 28.8. The molecule has 0 aliphatic rings. The highest BCUT2D eigenvalue weighted by Crippen LogP contribution is 2.34. The van der Waals surface area contributed by atoms with Crippen molar-refractivity contribution in [3.8, 4) is 17.2 Å². The Balaban J connectivity index is 2.00. The van der Waals surface area contributed by atoms with Crippen LogP contribution in [-0.2, 0) is 26.0 Å². The monoisotopic (exact) mass is 562 g/mol. The molecule has 38 heavy (non-hydrogen) atoms. The summed E-state index contributed by atoms with van der Waals surface area (Å²) in [6.07, 6.45) is 0.0106. The summed E-state index contributed by atoms with van der Waals surface area (Å²) in [6.45, 7) is 0. The molecule has 1 atom stereocenters. The van der Waals surface area contributed by atoms with E-state index in [0.29, 0.717) is 11.3 Å². The Labute approximate surface area is 225 Å². The third kappa shape index (κ3) is 6.74. The van der Waals surface area contributed by atoms with Crippen LogP contribution in [0.4, 0.5) is 5.69 Å². The SMILES string of the molecule is COC(=O)c1cc(OC)c(OC)cc1NC(=O)[C@@H](Cc1ccccc1)NS(=O)(=O)c1ccc(OC)c(Cl)c1. The van der Waals surface area contributed by atoms with E-state index in [9.17, 15) is 18.0 Å². The molecule has 2 N–H and O–H groups in total. The summed E-state index contributed by atoms with van der Waals surface area (Å²) >= 11 is 6.12. The lowest BCUT2D eigenvalue weighted by molar-refractivity contribution is -0.117. The third-order valence-corrected chi connectivity index (χ3v) is 7.28. The summed E-state index contributed by atoms with van der Waals surface area (Å²) in [5.41, 5.74) is 0.731. The molecule has 0 bridgehead atoms. The van der Waals surface area contributed by atoms with Gasteiger partial charge in [-0.3, -0.25) is 4.79 Å². The van der Waals surface area contributed by atoms with Gasteiger partial charge in [-0.05, 0) is 30.2 Å². The van der Waals surface area contributed by atoms with Crippen molar-refractivity contribution in [2.24, 2.45) is 0 Å². The van der Waals surface area contributed by atoms with Gasteiger partial charge in [-0.15, -0.1) is 0 Å². The summed E-state index contributed by atoms with van der Waals surface area (Å²) in [7, 11) is 1.19. The number of rotatable bonds is 11. The van der Waals surface area contributed by atoms with Crippen LogP contribution in [0.5, 0.6) is 17.2 Å². The second-order valence-corrected chi connectivity index (χ2v) is 10.0. The van der Waals surface area contributed by atoms with Crippen LogP contribution in [0.25, 0.3) is 0 Å². The Bertz CT molecular complexity index is 1410. The van der Waals surface area contributed by atoms with Crippen LogP contribution >= 0.6 is 11.6 Å². The Morgan fingerprint density at radius 1 is 0.868 bits per heavy atom. The number of sulfonamides is 1. The molecule has 10 nitrogen and oxygen atoms in total. The number of amides is 1. The van der Waals surface area contributed by atoms with Crippen molar-refractivity contribution in [2.45, 2.75) is 17.4 Å². The van der Waals surface area contributed by atoms with Crippen LogP contribution in [0.15, 0.2) is 65.6 Å². The van der Waals surface area contributed by atoms with Gasteiger partial charge in [0.1, 0.15) is 11.8 Å². The fraction of sp³-hybridized carbons (Fsp3) is 0.231. The van der Waals surface area contributed by atoms with Crippen molar-refractivity contribution >= 4 is 39.2 Å². The molecule has 0 saturated heterocycles. The van der Waals surface area contributed by atoms with Crippen LogP contribution in [0, 0.1) is 0 Å². The standard InChI is InChI=1S/C26H27ClN2O8S/c1-34-22-11-10-17(13-19(22)27)38(32,33)29-21(12-16-8-6-5-7-9-16)25(30)28-20-15-24(36-3)23(35-2)14-18(20)26(31)37-4/h5-11,13-15,21,29H,12H2,1-4H3,(H,28,30)/t21-/m1/s1. The van der Waals surface area contributed by atoms with Crippen molar-refractivity contribution in [3.63, 3.8) is 0 Å². The molecule has 0 heterocycles. The maximum Gasteiger partial charge on any atom is 0.340 e. The van der Waals surface area contributed by atoms with Gasteiger partial charge in [-0.1, -0.05) is 41.9 Å². The van der Waals surface area contributed by atoms with Gasteiger partial charge in [-0.2, -0.15) is 4.72 Å². The van der Waals surface area contributed by atoms with Gasteiger partial charge in [-0.25, -0.2) is 13.2 Å². The number of nitrogens with one attached hydrogen (secondary N) is 2. The van der Waals surface area contributed by atoms with Gasteiger partial charge < -0.3 is 24.3 Å². The smallest absolute Gasteiger partial charge is 0.340 e. The molecule has 0 aliphatic heterocycles. The normalized spacial score (nSPS) is 11.8. The van der Waals surface area contributed by atoms with E-state index < -0.39 is 27.9 Å². The average molecular weight is 563 g/mol. The topological polar surface area (TPSA) is 129 Å². The molecule has 3 aromatic rings. The number of hydrogen-bond acceptors (Lipinski definition) is 8. The highest BCUT2D eigenvalue weighted by atomic mass is 35.5. The first-order valence-corrected chi connectivity index (χ1v) is 13.0. The maximum atomic E-state index is 13.5. The van der Waals surface area contributed by atoms with Gasteiger partial charge in [0.05, 0.1) is 49.6 Å². The van der Waals surface area contributed by atoms with E-state index in [0.717, 1.165) is 0 Å². The molecule has 0 radical (unpaired) electrons. The second-order valence-electron chi connectivity index (χ2n) is 7.89. The maximum absolute atomic E-state index is 13.5. The number of hydrogen-bond donors (Lipinski definition) is 2. The number of halogens is 1. The largest absolute Gasteiger partial charge is 0.495 e. The molecule has 202 valence electrons. The molecule has 3 aromatic carbocycles. The van der Waals surface area contributed by atoms with E-state index in [1.807, 2.05) is 0 Å². The number of ether oxygens (including phenoxy) is 4. The molecule has 0 unspecified atom stereocenters. The molecule has 0 spiro atoms. The molecule has 3 rings (SSSR count). The van der Waals surface area contributed by atoms with Crippen LogP contribution in [-0.4, -0.2) is 54.8 Å². The fourth-order valence-electron chi connectivity index (χ4n) is 3.59. The Kier molecular flexibility index (Phi) is 9.56. The lowest BCUT2D eigenvalue weighted by Crippen LogP contribution is -2.45. The summed E-state index contributed by atoms with van der Waals surface area (Å²) < 4.78 is 49.4. The van der Waals surface area contributed by atoms with Crippen LogP contribution in [0.1, 0.15) is 15.9 Å². The Morgan fingerprint density at radius 2 is 1.50 bits per heavy atom. The second kappa shape index (κ2) is 12.6. The van der Waals surface area contributed by atoms with E-state index >= 15 is 0 Å². The number of carbonyl (C=O) groups is 2. The molecule has 0 aliphatic carbocycles. The summed E-state index contributed by atoms with van der Waals surface area (Å²) in [5, 5.41) is 2.72. The quantitative estimate of drug-likeness (QED) is 0.339. The minimum Gasteiger partial charge on any atom is -0.495 e. The number of benzene rings is 3. The van der Waals surface area contributed by atoms with Crippen LogP contribution in [0.3, 0.4) is 0 Å². The van der Waals surface area contributed by atoms with E-state index in [1.54, 1.807) is 30.3 Å². The first-order valence-electron chi connectivity index (χ1n) is 11.2. The summed E-state index contributed by atoms with van der Waals surface area (Å²) in [6, 6.07) is 14.3. The fourth-order valence-corrected chi connectivity index (χ4v) is 5.13. The van der Waals surface area contributed by atoms with E-state index in [-0.39, 0.29) is 39.1 Å². The van der Waals surface area contributed by atoms with Gasteiger partial charge in [0.25, 0.3) is 0 Å². The zero-order chi connectivity index (χ0) is 27.9. The molecule has 0 aromatic heterocycles. The number of esters is 1. The van der Waals surface area contributed by atoms with E-state index in [2.05, 4.69) is 10.0 Å². The van der Waals surface area contributed by atoms with Crippen molar-refractivity contribution in [1.82, 2.24) is 4.72 Å². The van der Waals surface area contributed by atoms with Crippen molar-refractivity contribution in [3.05, 3.63) is 76.8 Å². The van der Waals surface area contributed by atoms with E-state index in [4.69, 9.17) is 30.5 Å². The van der Waals surface area contributed by atoms with Crippen LogP contribution in [0.2, 0.25) is 5.02 Å². The highest BCUT2D eigenvalue weighted by molar-refractivity contribution is 7.89. The van der Waals surface area contributed by atoms with Crippen LogP contribution < -0.4 is 24.2 Å². The van der Waals surface area contributed by atoms with Crippen molar-refractivity contribution in [2.75, 3.05) is 33.8 Å². The average Bonchev–Trinajstić information content (AvgIpc) is 2.92. The molecule has 0 saturated carbocycles. The molecular weight excluding hydrogens is 536 g/mol. The van der Waals surface area contributed by atoms with Crippen molar-refractivity contribution < 1.29 is 37.0 Å². The summed E-state index contributed by atoms with van der Waals surface area (Å²) in [4.78, 5) is 25.8. The number of methoxy groups -OCH3 is 4. The number of carbonyl (C=O) groups excluding carboxylic acids is 2. The molecule has 12 heteroatoms. The van der Waals surface area contributed by atoms with Crippen molar-refractivity contribution in [1.29, 1.82) is 0 Å². The Morgan fingerprint density at radius 3 is 2.08 bits per heavy atom. The zero-order valence-corrected chi connectivity index (χ0v) is 22.7.